The average molecular weight is 509 g/mol. The van der Waals surface area contributed by atoms with Crippen LogP contribution in [0.15, 0.2) is 54.6 Å². The van der Waals surface area contributed by atoms with E-state index in [-0.39, 0.29) is 31.1 Å². The molecule has 2 saturated heterocycles. The highest BCUT2D eigenvalue weighted by Gasteiger charge is 2.72. The summed E-state index contributed by atoms with van der Waals surface area (Å²) in [6.45, 7) is 4.41. The first-order valence-electron chi connectivity index (χ1n) is 13.4. The number of aliphatic hydroxyl groups is 1. The molecule has 198 valence electrons. The molecule has 1 N–H and O–H groups in total. The van der Waals surface area contributed by atoms with Crippen LogP contribution in [0.3, 0.4) is 0 Å². The van der Waals surface area contributed by atoms with Gasteiger partial charge in [-0.1, -0.05) is 68.0 Å². The Morgan fingerprint density at radius 3 is 2.65 bits per heavy atom. The van der Waals surface area contributed by atoms with Crippen molar-refractivity contribution in [2.75, 3.05) is 19.8 Å². The number of benzene rings is 1. The Hall–Kier alpha value is -2.97. The molecule has 0 aliphatic carbocycles. The maximum Gasteiger partial charge on any atom is 0.312 e. The number of aliphatic hydroxyl groups excluding tert-OH is 1. The number of likely N-dealkylation sites (tertiary alicyclic amines) is 1. The standard InChI is InChI=1S/C29H36N2O6/c1-3-10-19(2)30-15-9-14-29-24(23-22(37-29)13-7-8-16-36-28(23)35)26(33)31(25(29)27(30)34)21(18-32)17-20-11-5-4-6-12-20/h4-7,9,11-14,19,21-25,32H,3,8,10,15-18H2,1-2H3/t19?,21-,22+,23-,24+,25?,29+/m1/s1. The van der Waals surface area contributed by atoms with Crippen LogP contribution in [-0.2, 0) is 30.3 Å². The van der Waals surface area contributed by atoms with Crippen LogP contribution in [0.1, 0.15) is 38.7 Å². The molecule has 1 spiro atoms. The summed E-state index contributed by atoms with van der Waals surface area (Å²) in [5.74, 6) is -2.80. The van der Waals surface area contributed by atoms with Gasteiger partial charge in [-0.3, -0.25) is 14.4 Å². The van der Waals surface area contributed by atoms with Gasteiger partial charge in [-0.15, -0.1) is 0 Å². The first kappa shape index (κ1) is 25.7. The van der Waals surface area contributed by atoms with Gasteiger partial charge in [0.15, 0.2) is 0 Å². The summed E-state index contributed by atoms with van der Waals surface area (Å²) < 4.78 is 12.1. The number of cyclic esters (lactones) is 1. The summed E-state index contributed by atoms with van der Waals surface area (Å²) in [4.78, 5) is 45.1. The van der Waals surface area contributed by atoms with Crippen LogP contribution >= 0.6 is 0 Å². The van der Waals surface area contributed by atoms with Crippen LogP contribution in [0, 0.1) is 11.8 Å². The molecular formula is C29H36N2O6. The van der Waals surface area contributed by atoms with Crippen LogP contribution in [-0.4, -0.2) is 82.3 Å². The lowest BCUT2D eigenvalue weighted by Crippen LogP contribution is -2.59. The predicted molar refractivity (Wildman–Crippen MR) is 136 cm³/mol. The van der Waals surface area contributed by atoms with Gasteiger partial charge in [0.1, 0.15) is 17.6 Å². The van der Waals surface area contributed by atoms with Crippen LogP contribution in [0.2, 0.25) is 0 Å². The second kappa shape index (κ2) is 10.4. The summed E-state index contributed by atoms with van der Waals surface area (Å²) in [6, 6.07) is 7.93. The molecule has 0 radical (unpaired) electrons. The number of carbonyl (C=O) groups is 3. The molecule has 1 aromatic rings. The SMILES string of the molecule is CCCC(C)N1CC=C[C@]23O[C@H]4C=CCCOC(=O)[C@H]4[C@H]2C(=O)N([C@@H](CO)Cc2ccccc2)C3C1=O. The highest BCUT2D eigenvalue weighted by Crippen LogP contribution is 2.54. The molecule has 2 unspecified atom stereocenters. The average Bonchev–Trinajstić information content (AvgIpc) is 3.27. The van der Waals surface area contributed by atoms with Gasteiger partial charge in [0.05, 0.1) is 31.3 Å². The number of ether oxygens (including phenoxy) is 2. The third-order valence-electron chi connectivity index (χ3n) is 8.25. The summed E-state index contributed by atoms with van der Waals surface area (Å²) in [7, 11) is 0. The Morgan fingerprint density at radius 2 is 1.92 bits per heavy atom. The van der Waals surface area contributed by atoms with E-state index in [4.69, 9.17) is 9.47 Å². The van der Waals surface area contributed by atoms with Crippen molar-refractivity contribution in [3.8, 4) is 0 Å². The van der Waals surface area contributed by atoms with Crippen molar-refractivity contribution in [2.45, 2.75) is 69.4 Å². The number of fused-ring (bicyclic) bond motifs is 2. The summed E-state index contributed by atoms with van der Waals surface area (Å²) in [5.41, 5.74) is -0.373. The number of hydrogen-bond acceptors (Lipinski definition) is 6. The second-order valence-corrected chi connectivity index (χ2v) is 10.5. The molecule has 0 aromatic heterocycles. The molecule has 2 fully saturated rings. The highest BCUT2D eigenvalue weighted by atomic mass is 16.6. The topological polar surface area (TPSA) is 96.4 Å². The van der Waals surface area contributed by atoms with Crippen molar-refractivity contribution in [3.05, 3.63) is 60.2 Å². The number of hydrogen-bond donors (Lipinski definition) is 1. The lowest BCUT2D eigenvalue weighted by molar-refractivity contribution is -0.157. The maximum absolute atomic E-state index is 14.3. The molecule has 4 aliphatic rings. The van der Waals surface area contributed by atoms with Crippen molar-refractivity contribution >= 4 is 17.8 Å². The van der Waals surface area contributed by atoms with E-state index in [9.17, 15) is 19.5 Å². The number of amides is 2. The van der Waals surface area contributed by atoms with Gasteiger partial charge in [0.25, 0.3) is 0 Å². The highest BCUT2D eigenvalue weighted by molar-refractivity contribution is 5.99. The van der Waals surface area contributed by atoms with E-state index in [1.54, 1.807) is 4.90 Å². The normalized spacial score (nSPS) is 32.7. The van der Waals surface area contributed by atoms with Crippen molar-refractivity contribution in [3.63, 3.8) is 0 Å². The molecule has 4 heterocycles. The Labute approximate surface area is 217 Å². The summed E-state index contributed by atoms with van der Waals surface area (Å²) >= 11 is 0. The number of carbonyl (C=O) groups excluding carboxylic acids is 3. The minimum Gasteiger partial charge on any atom is -0.465 e. The minimum absolute atomic E-state index is 0.0325. The van der Waals surface area contributed by atoms with Gasteiger partial charge >= 0.3 is 5.97 Å². The molecule has 0 saturated carbocycles. The van der Waals surface area contributed by atoms with Gasteiger partial charge in [0, 0.05) is 12.6 Å². The Morgan fingerprint density at radius 1 is 1.14 bits per heavy atom. The fraction of sp³-hybridized carbons (Fsp3) is 0.552. The van der Waals surface area contributed by atoms with Gasteiger partial charge in [-0.05, 0) is 31.7 Å². The minimum atomic E-state index is -1.32. The molecule has 1 aromatic carbocycles. The molecule has 2 amide bonds. The summed E-state index contributed by atoms with van der Waals surface area (Å²) in [5, 5.41) is 10.5. The largest absolute Gasteiger partial charge is 0.465 e. The predicted octanol–water partition coefficient (Wildman–Crippen LogP) is 2.26. The Kier molecular flexibility index (Phi) is 7.23. The fourth-order valence-electron chi connectivity index (χ4n) is 6.56. The zero-order valence-corrected chi connectivity index (χ0v) is 21.5. The third-order valence-corrected chi connectivity index (χ3v) is 8.25. The lowest BCUT2D eigenvalue weighted by atomic mass is 9.77. The molecule has 0 bridgehead atoms. The first-order chi connectivity index (χ1) is 17.9. The molecule has 4 aliphatic heterocycles. The van der Waals surface area contributed by atoms with E-state index in [2.05, 4.69) is 6.92 Å². The van der Waals surface area contributed by atoms with E-state index in [1.807, 2.05) is 61.6 Å². The Bertz CT molecular complexity index is 1090. The van der Waals surface area contributed by atoms with Crippen molar-refractivity contribution in [1.82, 2.24) is 9.80 Å². The van der Waals surface area contributed by atoms with Gasteiger partial charge in [-0.25, -0.2) is 0 Å². The van der Waals surface area contributed by atoms with Crippen molar-refractivity contribution < 1.29 is 29.0 Å². The van der Waals surface area contributed by atoms with Crippen LogP contribution < -0.4 is 0 Å². The smallest absolute Gasteiger partial charge is 0.312 e. The zero-order chi connectivity index (χ0) is 26.2. The maximum atomic E-state index is 14.3. The number of esters is 1. The van der Waals surface area contributed by atoms with E-state index in [0.717, 1.165) is 18.4 Å². The van der Waals surface area contributed by atoms with E-state index in [0.29, 0.717) is 19.4 Å². The zero-order valence-electron chi connectivity index (χ0n) is 21.5. The quantitative estimate of drug-likeness (QED) is 0.448. The molecular weight excluding hydrogens is 472 g/mol. The lowest BCUT2D eigenvalue weighted by Gasteiger charge is -2.40. The van der Waals surface area contributed by atoms with Gasteiger partial charge in [0.2, 0.25) is 11.8 Å². The van der Waals surface area contributed by atoms with Crippen LogP contribution in [0.5, 0.6) is 0 Å². The van der Waals surface area contributed by atoms with Crippen LogP contribution in [0.25, 0.3) is 0 Å². The summed E-state index contributed by atoms with van der Waals surface area (Å²) in [6.07, 6.45) is 9.50. The first-order valence-corrected chi connectivity index (χ1v) is 13.4. The van der Waals surface area contributed by atoms with E-state index in [1.165, 1.54) is 4.90 Å². The van der Waals surface area contributed by atoms with Crippen molar-refractivity contribution in [1.29, 1.82) is 0 Å². The van der Waals surface area contributed by atoms with Gasteiger partial charge < -0.3 is 24.4 Å². The van der Waals surface area contributed by atoms with E-state index < -0.39 is 41.6 Å². The molecule has 7 atom stereocenters. The molecule has 5 rings (SSSR count). The fourth-order valence-corrected chi connectivity index (χ4v) is 6.56. The molecule has 8 nitrogen and oxygen atoms in total. The van der Waals surface area contributed by atoms with Gasteiger partial charge in [-0.2, -0.15) is 0 Å². The number of rotatable bonds is 7. The van der Waals surface area contributed by atoms with E-state index >= 15 is 0 Å². The molecule has 8 heteroatoms. The second-order valence-electron chi connectivity index (χ2n) is 10.5. The third kappa shape index (κ3) is 4.30. The Balaban J connectivity index is 1.61. The number of nitrogens with zero attached hydrogens (tertiary/aromatic N) is 2. The van der Waals surface area contributed by atoms with Crippen LogP contribution in [0.4, 0.5) is 0 Å². The molecule has 37 heavy (non-hydrogen) atoms. The monoisotopic (exact) mass is 508 g/mol. The van der Waals surface area contributed by atoms with Crippen molar-refractivity contribution in [2.24, 2.45) is 11.8 Å².